The molecule has 0 saturated carbocycles. The Hall–Kier alpha value is -1.78. The van der Waals surface area contributed by atoms with Crippen molar-refractivity contribution in [2.75, 3.05) is 0 Å². The van der Waals surface area contributed by atoms with Gasteiger partial charge in [0.15, 0.2) is 11.5 Å². The molecule has 1 aromatic heterocycles. The Morgan fingerprint density at radius 2 is 1.73 bits per heavy atom. The van der Waals surface area contributed by atoms with Crippen LogP contribution in [0.3, 0.4) is 0 Å². The van der Waals surface area contributed by atoms with Crippen molar-refractivity contribution in [2.24, 2.45) is 0 Å². The number of nitrogens with zero attached hydrogens (tertiary/aromatic N) is 1. The molecular formula is C6H5NO4. The van der Waals surface area contributed by atoms with E-state index >= 15 is 0 Å². The lowest BCUT2D eigenvalue weighted by Crippen LogP contribution is -1.97. The number of carbonyl (C=O) groups is 1. The molecule has 1 rings (SSSR count). The Balaban J connectivity index is 3.32. The fraction of sp³-hybridized carbons (Fsp3) is 0. The minimum Gasteiger partial charge on any atom is -0.505 e. The largest absolute Gasteiger partial charge is 0.505 e. The number of pyridine rings is 1. The van der Waals surface area contributed by atoms with Crippen LogP contribution in [-0.4, -0.2) is 26.3 Å². The first-order valence-corrected chi connectivity index (χ1v) is 2.72. The predicted molar refractivity (Wildman–Crippen MR) is 34.5 cm³/mol. The number of carboxylic acid groups (broad SMARTS) is 1. The number of hydrogen-bond donors (Lipinski definition) is 3. The van der Waals surface area contributed by atoms with E-state index < -0.39 is 23.0 Å². The average molecular weight is 155 g/mol. The summed E-state index contributed by atoms with van der Waals surface area (Å²) in [6, 6.07) is 0. The number of aromatic carboxylic acids is 1. The van der Waals surface area contributed by atoms with E-state index in [9.17, 15) is 4.79 Å². The highest BCUT2D eigenvalue weighted by Gasteiger charge is 2.14. The molecule has 5 nitrogen and oxygen atoms in total. The highest BCUT2D eigenvalue weighted by molar-refractivity contribution is 5.93. The fourth-order valence-corrected chi connectivity index (χ4v) is 0.658. The van der Waals surface area contributed by atoms with E-state index in [-0.39, 0.29) is 0 Å². The molecule has 0 aromatic carbocycles. The molecule has 0 atom stereocenters. The Morgan fingerprint density at radius 3 is 2.00 bits per heavy atom. The van der Waals surface area contributed by atoms with Gasteiger partial charge in [-0.2, -0.15) is 0 Å². The molecule has 0 saturated heterocycles. The van der Waals surface area contributed by atoms with Crippen LogP contribution in [0.1, 0.15) is 10.4 Å². The van der Waals surface area contributed by atoms with Crippen LogP contribution in [0.5, 0.6) is 11.5 Å². The van der Waals surface area contributed by atoms with Crippen LogP contribution < -0.4 is 0 Å². The van der Waals surface area contributed by atoms with Gasteiger partial charge in [-0.25, -0.2) is 4.79 Å². The molecule has 0 unspecified atom stereocenters. The Kier molecular flexibility index (Phi) is 1.63. The second kappa shape index (κ2) is 2.45. The Morgan fingerprint density at radius 1 is 1.27 bits per heavy atom. The highest BCUT2D eigenvalue weighted by Crippen LogP contribution is 2.23. The van der Waals surface area contributed by atoms with Crippen LogP contribution in [0.25, 0.3) is 0 Å². The number of rotatable bonds is 1. The van der Waals surface area contributed by atoms with Crippen molar-refractivity contribution in [2.45, 2.75) is 0 Å². The molecular weight excluding hydrogens is 150 g/mol. The molecule has 0 aliphatic rings. The van der Waals surface area contributed by atoms with Crippen molar-refractivity contribution >= 4 is 5.97 Å². The summed E-state index contributed by atoms with van der Waals surface area (Å²) in [6.45, 7) is 0. The molecule has 11 heavy (non-hydrogen) atoms. The maximum absolute atomic E-state index is 10.3. The first-order chi connectivity index (χ1) is 5.13. The van der Waals surface area contributed by atoms with Gasteiger partial charge in [0, 0.05) is 0 Å². The molecule has 1 heterocycles. The van der Waals surface area contributed by atoms with Crippen LogP contribution in [0.2, 0.25) is 0 Å². The maximum atomic E-state index is 10.3. The van der Waals surface area contributed by atoms with Gasteiger partial charge in [0.05, 0.1) is 12.4 Å². The van der Waals surface area contributed by atoms with Crippen molar-refractivity contribution in [3.05, 3.63) is 18.0 Å². The molecule has 0 spiro atoms. The molecule has 5 heteroatoms. The zero-order chi connectivity index (χ0) is 8.43. The second-order valence-electron chi connectivity index (χ2n) is 1.86. The van der Waals surface area contributed by atoms with Crippen LogP contribution in [0.15, 0.2) is 12.4 Å². The molecule has 3 N–H and O–H groups in total. The molecule has 0 fully saturated rings. The van der Waals surface area contributed by atoms with Crippen molar-refractivity contribution in [3.63, 3.8) is 0 Å². The standard InChI is InChI=1S/C6H5NO4/c8-3-1-7-2-4(9)5(3)6(10)11/h1-2,8-9H,(H,10,11). The second-order valence-corrected chi connectivity index (χ2v) is 1.86. The lowest BCUT2D eigenvalue weighted by atomic mass is 10.2. The third kappa shape index (κ3) is 1.21. The average Bonchev–Trinajstić information content (AvgIpc) is 1.85. The van der Waals surface area contributed by atoms with E-state index in [0.717, 1.165) is 12.4 Å². The van der Waals surface area contributed by atoms with E-state index in [1.165, 1.54) is 0 Å². The van der Waals surface area contributed by atoms with Crippen LogP contribution >= 0.6 is 0 Å². The normalized spacial score (nSPS) is 9.45. The van der Waals surface area contributed by atoms with Crippen molar-refractivity contribution in [1.29, 1.82) is 0 Å². The lowest BCUT2D eigenvalue weighted by Gasteiger charge is -1.99. The minimum atomic E-state index is -1.39. The van der Waals surface area contributed by atoms with Crippen LogP contribution in [-0.2, 0) is 0 Å². The van der Waals surface area contributed by atoms with Gasteiger partial charge in [0.25, 0.3) is 0 Å². The van der Waals surface area contributed by atoms with Crippen molar-refractivity contribution in [3.8, 4) is 11.5 Å². The van der Waals surface area contributed by atoms with E-state index in [4.69, 9.17) is 15.3 Å². The van der Waals surface area contributed by atoms with Gasteiger partial charge < -0.3 is 15.3 Å². The van der Waals surface area contributed by atoms with E-state index in [1.54, 1.807) is 0 Å². The molecule has 1 aromatic rings. The molecule has 0 aliphatic carbocycles. The summed E-state index contributed by atoms with van der Waals surface area (Å²) in [4.78, 5) is 13.7. The third-order valence-electron chi connectivity index (χ3n) is 1.12. The predicted octanol–water partition coefficient (Wildman–Crippen LogP) is 0.191. The first-order valence-electron chi connectivity index (χ1n) is 2.72. The molecule has 58 valence electrons. The van der Waals surface area contributed by atoms with Gasteiger partial charge in [-0.1, -0.05) is 0 Å². The molecule has 0 aliphatic heterocycles. The number of carboxylic acids is 1. The van der Waals surface area contributed by atoms with E-state index in [2.05, 4.69) is 4.98 Å². The van der Waals surface area contributed by atoms with E-state index in [1.807, 2.05) is 0 Å². The molecule has 0 amide bonds. The number of aromatic hydroxyl groups is 2. The van der Waals surface area contributed by atoms with E-state index in [0.29, 0.717) is 0 Å². The summed E-state index contributed by atoms with van der Waals surface area (Å²) >= 11 is 0. The van der Waals surface area contributed by atoms with Gasteiger partial charge in [0.2, 0.25) is 0 Å². The molecule has 0 bridgehead atoms. The van der Waals surface area contributed by atoms with Gasteiger partial charge in [-0.05, 0) is 0 Å². The SMILES string of the molecule is O=C(O)c1c(O)cncc1O. The highest BCUT2D eigenvalue weighted by atomic mass is 16.4. The summed E-state index contributed by atoms with van der Waals surface area (Å²) in [7, 11) is 0. The van der Waals surface area contributed by atoms with Gasteiger partial charge in [-0.15, -0.1) is 0 Å². The summed E-state index contributed by atoms with van der Waals surface area (Å²) in [6.07, 6.45) is 1.90. The van der Waals surface area contributed by atoms with Gasteiger partial charge in [0.1, 0.15) is 5.56 Å². The summed E-state index contributed by atoms with van der Waals surface area (Å²) in [5.74, 6) is -2.47. The zero-order valence-electron chi connectivity index (χ0n) is 5.35. The summed E-state index contributed by atoms with van der Waals surface area (Å²) < 4.78 is 0. The third-order valence-corrected chi connectivity index (χ3v) is 1.12. The van der Waals surface area contributed by atoms with Crippen molar-refractivity contribution in [1.82, 2.24) is 4.98 Å². The number of aromatic nitrogens is 1. The number of hydrogen-bond acceptors (Lipinski definition) is 4. The topological polar surface area (TPSA) is 90.7 Å². The smallest absolute Gasteiger partial charge is 0.343 e. The zero-order valence-corrected chi connectivity index (χ0v) is 5.35. The monoisotopic (exact) mass is 155 g/mol. The van der Waals surface area contributed by atoms with Crippen LogP contribution in [0, 0.1) is 0 Å². The minimum absolute atomic E-state index is 0.528. The van der Waals surface area contributed by atoms with Gasteiger partial charge >= 0.3 is 5.97 Å². The fourth-order valence-electron chi connectivity index (χ4n) is 0.658. The van der Waals surface area contributed by atoms with Crippen molar-refractivity contribution < 1.29 is 20.1 Å². The summed E-state index contributed by atoms with van der Waals surface area (Å²) in [5, 5.41) is 26.1. The maximum Gasteiger partial charge on any atom is 0.343 e. The van der Waals surface area contributed by atoms with Gasteiger partial charge in [-0.3, -0.25) is 4.98 Å². The molecule has 0 radical (unpaired) electrons. The Labute approximate surface area is 61.6 Å². The summed E-state index contributed by atoms with van der Waals surface area (Å²) in [5.41, 5.74) is -0.528. The Bertz CT molecular complexity index is 276. The first kappa shape index (κ1) is 7.33. The van der Waals surface area contributed by atoms with Crippen LogP contribution in [0.4, 0.5) is 0 Å². The lowest BCUT2D eigenvalue weighted by molar-refractivity contribution is 0.0690. The quantitative estimate of drug-likeness (QED) is 0.538.